The summed E-state index contributed by atoms with van der Waals surface area (Å²) in [5.41, 5.74) is 6.72. The predicted molar refractivity (Wildman–Crippen MR) is 78.5 cm³/mol. The number of rotatable bonds is 4. The Morgan fingerprint density at radius 2 is 1.95 bits per heavy atom. The van der Waals surface area contributed by atoms with Crippen LogP contribution in [0.4, 0.5) is 4.39 Å². The number of benzene rings is 2. The highest BCUT2D eigenvalue weighted by Gasteiger charge is 2.10. The lowest BCUT2D eigenvalue weighted by Crippen LogP contribution is -2.03. The second-order valence-corrected chi connectivity index (χ2v) is 6.32. The Labute approximate surface area is 122 Å². The van der Waals surface area contributed by atoms with E-state index in [9.17, 15) is 8.60 Å². The molecule has 2 aromatic rings. The topological polar surface area (TPSA) is 43.1 Å². The van der Waals surface area contributed by atoms with Gasteiger partial charge in [-0.2, -0.15) is 0 Å². The van der Waals surface area contributed by atoms with Crippen molar-refractivity contribution in [1.82, 2.24) is 0 Å². The van der Waals surface area contributed by atoms with Crippen LogP contribution in [0.1, 0.15) is 11.1 Å². The third-order valence-electron chi connectivity index (χ3n) is 2.71. The van der Waals surface area contributed by atoms with Crippen LogP contribution in [-0.2, 0) is 23.1 Å². The molecule has 0 saturated carbocycles. The molecule has 0 aliphatic rings. The Hall–Kier alpha value is -1.04. The smallest absolute Gasteiger partial charge is 0.127 e. The SMILES string of the molecule is NCc1cc(CS(=O)c2ccccc2Br)ccc1F. The summed E-state index contributed by atoms with van der Waals surface area (Å²) in [7, 11) is -1.17. The Balaban J connectivity index is 2.22. The molecule has 2 N–H and O–H groups in total. The lowest BCUT2D eigenvalue weighted by molar-refractivity contribution is 0.610. The molecule has 0 heterocycles. The fourth-order valence-corrected chi connectivity index (χ4v) is 3.71. The minimum atomic E-state index is -1.17. The van der Waals surface area contributed by atoms with Crippen molar-refractivity contribution in [2.24, 2.45) is 5.73 Å². The van der Waals surface area contributed by atoms with Crippen LogP contribution in [-0.4, -0.2) is 4.21 Å². The van der Waals surface area contributed by atoms with Gasteiger partial charge in [0.25, 0.3) is 0 Å². The summed E-state index contributed by atoms with van der Waals surface area (Å²) in [6.07, 6.45) is 0. The summed E-state index contributed by atoms with van der Waals surface area (Å²) >= 11 is 3.38. The van der Waals surface area contributed by atoms with Crippen molar-refractivity contribution in [2.45, 2.75) is 17.2 Å². The highest BCUT2D eigenvalue weighted by Crippen LogP contribution is 2.22. The molecule has 0 radical (unpaired) electrons. The maximum absolute atomic E-state index is 13.3. The fourth-order valence-electron chi connectivity index (χ4n) is 1.73. The van der Waals surface area contributed by atoms with E-state index in [1.165, 1.54) is 6.07 Å². The normalized spacial score (nSPS) is 12.4. The fraction of sp³-hybridized carbons (Fsp3) is 0.143. The van der Waals surface area contributed by atoms with Gasteiger partial charge in [-0.05, 0) is 39.7 Å². The Bertz CT molecular complexity index is 618. The summed E-state index contributed by atoms with van der Waals surface area (Å²) in [5.74, 6) is 0.0218. The van der Waals surface area contributed by atoms with Gasteiger partial charge in [0.1, 0.15) is 5.82 Å². The van der Waals surface area contributed by atoms with Gasteiger partial charge in [-0.1, -0.05) is 24.3 Å². The van der Waals surface area contributed by atoms with Crippen LogP contribution in [0.25, 0.3) is 0 Å². The molecule has 0 fully saturated rings. The van der Waals surface area contributed by atoms with Gasteiger partial charge in [-0.25, -0.2) is 4.39 Å². The predicted octanol–water partition coefficient (Wildman–Crippen LogP) is 3.35. The highest BCUT2D eigenvalue weighted by molar-refractivity contribution is 9.10. The highest BCUT2D eigenvalue weighted by atomic mass is 79.9. The molecule has 1 atom stereocenters. The summed E-state index contributed by atoms with van der Waals surface area (Å²) < 4.78 is 26.4. The van der Waals surface area contributed by atoms with Gasteiger partial charge < -0.3 is 5.73 Å². The third kappa shape index (κ3) is 3.49. The Morgan fingerprint density at radius 1 is 1.21 bits per heavy atom. The molecule has 2 aromatic carbocycles. The van der Waals surface area contributed by atoms with Crippen LogP contribution < -0.4 is 5.73 Å². The zero-order valence-electron chi connectivity index (χ0n) is 10.1. The lowest BCUT2D eigenvalue weighted by Gasteiger charge is -2.07. The maximum atomic E-state index is 13.3. The molecule has 0 aromatic heterocycles. The van der Waals surface area contributed by atoms with Crippen molar-refractivity contribution in [3.8, 4) is 0 Å². The summed E-state index contributed by atoms with van der Waals surface area (Å²) in [5, 5.41) is 0. The maximum Gasteiger partial charge on any atom is 0.127 e. The standard InChI is InChI=1S/C14H13BrFNOS/c15-12-3-1-2-4-14(12)19(18)9-10-5-6-13(16)11(7-10)8-17/h1-7H,8-9,17H2. The molecule has 0 spiro atoms. The lowest BCUT2D eigenvalue weighted by atomic mass is 10.1. The van der Waals surface area contributed by atoms with Gasteiger partial charge in [-0.3, -0.25) is 4.21 Å². The Morgan fingerprint density at radius 3 is 2.63 bits per heavy atom. The molecule has 0 amide bonds. The zero-order valence-corrected chi connectivity index (χ0v) is 12.5. The van der Waals surface area contributed by atoms with Crippen LogP contribution in [0.2, 0.25) is 0 Å². The molecular weight excluding hydrogens is 329 g/mol. The average molecular weight is 342 g/mol. The van der Waals surface area contributed by atoms with Crippen molar-refractivity contribution in [2.75, 3.05) is 0 Å². The largest absolute Gasteiger partial charge is 0.326 e. The molecule has 1 unspecified atom stereocenters. The first-order valence-corrected chi connectivity index (χ1v) is 7.83. The quantitative estimate of drug-likeness (QED) is 0.926. The van der Waals surface area contributed by atoms with Gasteiger partial charge >= 0.3 is 0 Å². The molecule has 5 heteroatoms. The molecule has 0 aliphatic carbocycles. The van der Waals surface area contributed by atoms with Gasteiger partial charge in [-0.15, -0.1) is 0 Å². The van der Waals surface area contributed by atoms with Crippen molar-refractivity contribution in [3.63, 3.8) is 0 Å². The third-order valence-corrected chi connectivity index (χ3v) is 5.11. The van der Waals surface area contributed by atoms with Gasteiger partial charge in [0, 0.05) is 16.6 Å². The van der Waals surface area contributed by atoms with E-state index in [0.717, 1.165) is 14.9 Å². The van der Waals surface area contributed by atoms with E-state index >= 15 is 0 Å². The molecule has 2 nitrogen and oxygen atoms in total. The van der Waals surface area contributed by atoms with Crippen molar-refractivity contribution < 1.29 is 8.60 Å². The van der Waals surface area contributed by atoms with Crippen molar-refractivity contribution >= 4 is 26.7 Å². The van der Waals surface area contributed by atoms with Gasteiger partial charge in [0.2, 0.25) is 0 Å². The van der Waals surface area contributed by atoms with E-state index < -0.39 is 10.8 Å². The molecule has 0 bridgehead atoms. The first-order chi connectivity index (χ1) is 9.11. The second kappa shape index (κ2) is 6.41. The number of hydrogen-bond donors (Lipinski definition) is 1. The van der Waals surface area contributed by atoms with E-state index in [1.54, 1.807) is 12.1 Å². The van der Waals surface area contributed by atoms with Crippen LogP contribution in [0.15, 0.2) is 51.8 Å². The molecule has 0 aliphatic heterocycles. The first-order valence-electron chi connectivity index (χ1n) is 5.72. The van der Waals surface area contributed by atoms with E-state index in [4.69, 9.17) is 5.73 Å². The van der Waals surface area contributed by atoms with Crippen LogP contribution in [0.3, 0.4) is 0 Å². The number of halogens is 2. The number of hydrogen-bond acceptors (Lipinski definition) is 2. The van der Waals surface area contributed by atoms with E-state index in [1.807, 2.05) is 24.3 Å². The average Bonchev–Trinajstić information content (AvgIpc) is 2.41. The summed E-state index contributed by atoms with van der Waals surface area (Å²) in [6.45, 7) is 0.140. The molecule has 2 rings (SSSR count). The molecule has 0 saturated heterocycles. The van der Waals surface area contributed by atoms with Crippen molar-refractivity contribution in [1.29, 1.82) is 0 Å². The van der Waals surface area contributed by atoms with Crippen LogP contribution in [0, 0.1) is 5.82 Å². The minimum absolute atomic E-state index is 0.140. The van der Waals surface area contributed by atoms with Crippen LogP contribution >= 0.6 is 15.9 Å². The van der Waals surface area contributed by atoms with Crippen molar-refractivity contribution in [3.05, 3.63) is 63.9 Å². The molecular formula is C14H13BrFNOS. The zero-order chi connectivity index (χ0) is 13.8. The van der Waals surface area contributed by atoms with E-state index in [0.29, 0.717) is 11.3 Å². The van der Waals surface area contributed by atoms with Gasteiger partial charge in [0.15, 0.2) is 0 Å². The van der Waals surface area contributed by atoms with Gasteiger partial charge in [0.05, 0.1) is 21.4 Å². The Kier molecular flexibility index (Phi) is 4.85. The minimum Gasteiger partial charge on any atom is -0.326 e. The number of nitrogens with two attached hydrogens (primary N) is 1. The first kappa shape index (κ1) is 14.4. The summed E-state index contributed by atoms with van der Waals surface area (Å²) in [4.78, 5) is 0.737. The monoisotopic (exact) mass is 341 g/mol. The van der Waals surface area contributed by atoms with E-state index in [-0.39, 0.29) is 12.4 Å². The van der Waals surface area contributed by atoms with Crippen LogP contribution in [0.5, 0.6) is 0 Å². The molecule has 100 valence electrons. The summed E-state index contributed by atoms with van der Waals surface area (Å²) in [6, 6.07) is 12.1. The molecule has 19 heavy (non-hydrogen) atoms. The van der Waals surface area contributed by atoms with E-state index in [2.05, 4.69) is 15.9 Å². The second-order valence-electron chi connectivity index (χ2n) is 4.05.